The van der Waals surface area contributed by atoms with Crippen molar-refractivity contribution in [2.24, 2.45) is 0 Å². The van der Waals surface area contributed by atoms with Gasteiger partial charge in [0, 0.05) is 30.9 Å². The van der Waals surface area contributed by atoms with Crippen LogP contribution in [0.4, 0.5) is 4.79 Å². The third kappa shape index (κ3) is 4.67. The van der Waals surface area contributed by atoms with Crippen LogP contribution < -0.4 is 15.4 Å². The quantitative estimate of drug-likeness (QED) is 0.624. The van der Waals surface area contributed by atoms with Crippen LogP contribution >= 0.6 is 0 Å². The molecule has 3 rings (SSSR count). The molecule has 9 heteroatoms. The van der Waals surface area contributed by atoms with Crippen LogP contribution in [0.3, 0.4) is 0 Å². The maximum atomic E-state index is 12.6. The summed E-state index contributed by atoms with van der Waals surface area (Å²) in [4.78, 5) is 37.9. The van der Waals surface area contributed by atoms with Gasteiger partial charge in [-0.25, -0.2) is 4.79 Å². The summed E-state index contributed by atoms with van der Waals surface area (Å²) in [5, 5.41) is 9.49. The second kappa shape index (κ2) is 9.03. The van der Waals surface area contributed by atoms with E-state index >= 15 is 0 Å². The van der Waals surface area contributed by atoms with Gasteiger partial charge in [0.05, 0.1) is 20.2 Å². The Morgan fingerprint density at radius 3 is 2.86 bits per heavy atom. The summed E-state index contributed by atoms with van der Waals surface area (Å²) in [6.45, 7) is 1.15. The highest BCUT2D eigenvalue weighted by atomic mass is 16.5. The molecule has 0 radical (unpaired) electrons. The molecule has 1 aliphatic heterocycles. The third-order valence-corrected chi connectivity index (χ3v) is 4.51. The smallest absolute Gasteiger partial charge is 0.325 e. The SMILES string of the molecule is COc1ccccc1CN1C(=O)N[C@@H](CCC(=O)NCCn2cccn2)C1=O. The van der Waals surface area contributed by atoms with Crippen molar-refractivity contribution in [3.63, 3.8) is 0 Å². The number of aromatic nitrogens is 2. The lowest BCUT2D eigenvalue weighted by atomic mass is 10.1. The predicted molar refractivity (Wildman–Crippen MR) is 100 cm³/mol. The molecule has 0 spiro atoms. The van der Waals surface area contributed by atoms with Crippen LogP contribution in [0.1, 0.15) is 18.4 Å². The predicted octanol–water partition coefficient (Wildman–Crippen LogP) is 0.909. The van der Waals surface area contributed by atoms with Crippen molar-refractivity contribution in [3.8, 4) is 5.75 Å². The second-order valence-electron chi connectivity index (χ2n) is 6.40. The normalized spacial score (nSPS) is 16.2. The topological polar surface area (TPSA) is 106 Å². The number of para-hydroxylation sites is 1. The van der Waals surface area contributed by atoms with E-state index < -0.39 is 12.1 Å². The Bertz CT molecular complexity index is 837. The van der Waals surface area contributed by atoms with Crippen LogP contribution in [0.5, 0.6) is 5.75 Å². The minimum absolute atomic E-state index is 0.126. The number of benzene rings is 1. The Hall–Kier alpha value is -3.36. The number of urea groups is 1. The van der Waals surface area contributed by atoms with E-state index in [9.17, 15) is 14.4 Å². The van der Waals surface area contributed by atoms with Crippen LogP contribution in [0, 0.1) is 0 Å². The number of rotatable bonds is 9. The van der Waals surface area contributed by atoms with Crippen molar-refractivity contribution in [3.05, 3.63) is 48.3 Å². The number of carbonyl (C=O) groups is 3. The van der Waals surface area contributed by atoms with Gasteiger partial charge in [-0.15, -0.1) is 0 Å². The van der Waals surface area contributed by atoms with Gasteiger partial charge in [0.2, 0.25) is 5.91 Å². The number of nitrogens with zero attached hydrogens (tertiary/aromatic N) is 3. The van der Waals surface area contributed by atoms with Gasteiger partial charge >= 0.3 is 6.03 Å². The molecule has 0 bridgehead atoms. The van der Waals surface area contributed by atoms with Crippen molar-refractivity contribution in [1.82, 2.24) is 25.3 Å². The Morgan fingerprint density at radius 2 is 2.11 bits per heavy atom. The summed E-state index contributed by atoms with van der Waals surface area (Å²) >= 11 is 0. The van der Waals surface area contributed by atoms with Gasteiger partial charge in [0.25, 0.3) is 5.91 Å². The van der Waals surface area contributed by atoms with E-state index in [0.717, 1.165) is 10.5 Å². The molecule has 9 nitrogen and oxygen atoms in total. The molecule has 1 aromatic heterocycles. The minimum Gasteiger partial charge on any atom is -0.496 e. The molecule has 28 heavy (non-hydrogen) atoms. The van der Waals surface area contributed by atoms with Gasteiger partial charge in [-0.1, -0.05) is 18.2 Å². The average Bonchev–Trinajstić information content (AvgIpc) is 3.30. The lowest BCUT2D eigenvalue weighted by molar-refractivity contribution is -0.128. The van der Waals surface area contributed by atoms with Crippen LogP contribution in [0.2, 0.25) is 0 Å². The Labute approximate surface area is 162 Å². The lowest BCUT2D eigenvalue weighted by Crippen LogP contribution is -2.33. The molecule has 1 atom stereocenters. The Balaban J connectivity index is 1.47. The van der Waals surface area contributed by atoms with E-state index in [2.05, 4.69) is 15.7 Å². The molecule has 2 N–H and O–H groups in total. The number of carbonyl (C=O) groups excluding carboxylic acids is 3. The summed E-state index contributed by atoms with van der Waals surface area (Å²) in [6, 6.07) is 7.88. The number of nitrogens with one attached hydrogen (secondary N) is 2. The van der Waals surface area contributed by atoms with E-state index in [1.807, 2.05) is 24.4 Å². The summed E-state index contributed by atoms with van der Waals surface area (Å²) in [6.07, 6.45) is 3.89. The number of ether oxygens (including phenoxy) is 1. The molecule has 2 aromatic rings. The number of methoxy groups -OCH3 is 1. The summed E-state index contributed by atoms with van der Waals surface area (Å²) in [7, 11) is 1.54. The van der Waals surface area contributed by atoms with Crippen molar-refractivity contribution >= 4 is 17.8 Å². The fraction of sp³-hybridized carbons (Fsp3) is 0.368. The van der Waals surface area contributed by atoms with Gasteiger partial charge in [-0.05, 0) is 18.6 Å². The minimum atomic E-state index is -0.695. The van der Waals surface area contributed by atoms with Gasteiger partial charge < -0.3 is 15.4 Å². The highest BCUT2D eigenvalue weighted by molar-refractivity contribution is 6.04. The number of imide groups is 1. The first-order valence-electron chi connectivity index (χ1n) is 9.06. The van der Waals surface area contributed by atoms with E-state index in [4.69, 9.17) is 4.74 Å². The number of amides is 4. The second-order valence-corrected chi connectivity index (χ2v) is 6.40. The Morgan fingerprint density at radius 1 is 1.29 bits per heavy atom. The van der Waals surface area contributed by atoms with E-state index in [-0.39, 0.29) is 31.2 Å². The fourth-order valence-electron chi connectivity index (χ4n) is 3.03. The molecular formula is C19H23N5O4. The lowest BCUT2D eigenvalue weighted by Gasteiger charge is -2.15. The largest absolute Gasteiger partial charge is 0.496 e. The average molecular weight is 385 g/mol. The molecule has 1 saturated heterocycles. The molecule has 0 aliphatic carbocycles. The van der Waals surface area contributed by atoms with Crippen molar-refractivity contribution in [2.45, 2.75) is 32.0 Å². The molecule has 1 aromatic carbocycles. The fourth-order valence-corrected chi connectivity index (χ4v) is 3.03. The summed E-state index contributed by atoms with van der Waals surface area (Å²) in [5.74, 6) is 0.112. The first-order chi connectivity index (χ1) is 13.6. The number of hydrogen-bond donors (Lipinski definition) is 2. The maximum Gasteiger partial charge on any atom is 0.325 e. The molecule has 2 heterocycles. The first kappa shape index (κ1) is 19.4. The molecule has 0 saturated carbocycles. The maximum absolute atomic E-state index is 12.6. The standard InChI is InChI=1S/C19H23N5O4/c1-28-16-6-3-2-5-14(16)13-24-18(26)15(22-19(24)27)7-8-17(25)20-10-12-23-11-4-9-21-23/h2-6,9,11,15H,7-8,10,12-13H2,1H3,(H,20,25)(H,22,27)/t15-/m0/s1. The van der Waals surface area contributed by atoms with Crippen LogP contribution in [-0.4, -0.2) is 52.2 Å². The van der Waals surface area contributed by atoms with Crippen molar-refractivity contribution < 1.29 is 19.1 Å². The van der Waals surface area contributed by atoms with Crippen LogP contribution in [-0.2, 0) is 22.7 Å². The monoisotopic (exact) mass is 385 g/mol. The van der Waals surface area contributed by atoms with Crippen molar-refractivity contribution in [2.75, 3.05) is 13.7 Å². The van der Waals surface area contributed by atoms with Crippen molar-refractivity contribution in [1.29, 1.82) is 0 Å². The van der Waals surface area contributed by atoms with E-state index in [1.54, 1.807) is 30.1 Å². The molecular weight excluding hydrogens is 362 g/mol. The molecule has 0 unspecified atom stereocenters. The van der Waals surface area contributed by atoms with E-state index in [0.29, 0.717) is 18.8 Å². The van der Waals surface area contributed by atoms with E-state index in [1.165, 1.54) is 0 Å². The molecule has 1 fully saturated rings. The van der Waals surface area contributed by atoms with Gasteiger partial charge in [0.15, 0.2) is 0 Å². The highest BCUT2D eigenvalue weighted by Crippen LogP contribution is 2.22. The van der Waals surface area contributed by atoms with Gasteiger partial charge in [0.1, 0.15) is 11.8 Å². The van der Waals surface area contributed by atoms with Gasteiger partial charge in [-0.3, -0.25) is 19.2 Å². The first-order valence-corrected chi connectivity index (χ1v) is 9.06. The highest BCUT2D eigenvalue weighted by Gasteiger charge is 2.38. The molecule has 1 aliphatic rings. The van der Waals surface area contributed by atoms with Gasteiger partial charge in [-0.2, -0.15) is 5.10 Å². The Kier molecular flexibility index (Phi) is 6.25. The summed E-state index contributed by atoms with van der Waals surface area (Å²) < 4.78 is 6.99. The molecule has 148 valence electrons. The van der Waals surface area contributed by atoms with Crippen LogP contribution in [0.15, 0.2) is 42.7 Å². The third-order valence-electron chi connectivity index (χ3n) is 4.51. The summed E-state index contributed by atoms with van der Waals surface area (Å²) in [5.41, 5.74) is 0.741. The zero-order valence-electron chi connectivity index (χ0n) is 15.6. The number of hydrogen-bond acceptors (Lipinski definition) is 5. The zero-order chi connectivity index (χ0) is 19.9. The van der Waals surface area contributed by atoms with Crippen LogP contribution in [0.25, 0.3) is 0 Å². The zero-order valence-corrected chi connectivity index (χ0v) is 15.6. The molecule has 4 amide bonds.